The first kappa shape index (κ1) is 51.1. The molecular weight excluding hydrogens is 889 g/mol. The highest BCUT2D eigenvalue weighted by Gasteiger charge is 2.19. The average molecular weight is 941 g/mol. The van der Waals surface area contributed by atoms with Crippen molar-refractivity contribution >= 4 is 79.5 Å². The van der Waals surface area contributed by atoms with Gasteiger partial charge in [-0.25, -0.2) is 0 Å². The SMILES string of the molecule is O=S(=O)(O)c1cc(Nc2nc(NCCOCCO)nc(NCCOCCO)n2)ccc1C=Cc1ccc(Nc2nc(NCCOCCO)nc(NCCOCCO)n2)cc1S(=O)(=O)O. The van der Waals surface area contributed by atoms with Gasteiger partial charge in [0.2, 0.25) is 35.7 Å². The lowest BCUT2D eigenvalue weighted by Crippen LogP contribution is -2.17. The van der Waals surface area contributed by atoms with Gasteiger partial charge in [0.05, 0.1) is 79.3 Å². The van der Waals surface area contributed by atoms with Crippen LogP contribution in [0.2, 0.25) is 0 Å². The van der Waals surface area contributed by atoms with Crippen LogP contribution >= 0.6 is 0 Å². The van der Waals surface area contributed by atoms with Crippen LogP contribution in [0.5, 0.6) is 0 Å². The monoisotopic (exact) mass is 940 g/mol. The van der Waals surface area contributed by atoms with Gasteiger partial charge in [0.15, 0.2) is 0 Å². The van der Waals surface area contributed by atoms with Crippen LogP contribution < -0.4 is 31.9 Å². The van der Waals surface area contributed by atoms with Gasteiger partial charge in [0, 0.05) is 37.6 Å². The third-order valence-electron chi connectivity index (χ3n) is 7.87. The van der Waals surface area contributed by atoms with E-state index in [1.165, 1.54) is 36.4 Å². The van der Waals surface area contributed by atoms with E-state index in [0.717, 1.165) is 12.1 Å². The van der Waals surface area contributed by atoms with E-state index in [0.29, 0.717) is 0 Å². The lowest BCUT2D eigenvalue weighted by molar-refractivity contribution is 0.0990. The zero-order valence-corrected chi connectivity index (χ0v) is 36.0. The van der Waals surface area contributed by atoms with Gasteiger partial charge < -0.3 is 71.3 Å². The molecule has 0 unspecified atom stereocenters. The fourth-order valence-electron chi connectivity index (χ4n) is 5.17. The Bertz CT molecular complexity index is 2090. The molecule has 4 rings (SSSR count). The highest BCUT2D eigenvalue weighted by atomic mass is 32.2. The summed E-state index contributed by atoms with van der Waals surface area (Å²) in [5.74, 6) is 0.376. The largest absolute Gasteiger partial charge is 0.394 e. The van der Waals surface area contributed by atoms with Crippen LogP contribution in [0, 0.1) is 0 Å². The van der Waals surface area contributed by atoms with E-state index in [-0.39, 0.29) is 164 Å². The molecule has 4 aromatic rings. The van der Waals surface area contributed by atoms with Gasteiger partial charge in [-0.05, 0) is 35.4 Å². The molecule has 0 aliphatic carbocycles. The molecule has 0 saturated carbocycles. The number of aromatic nitrogens is 6. The van der Waals surface area contributed by atoms with E-state index in [4.69, 9.17) is 39.4 Å². The molecule has 0 spiro atoms. The van der Waals surface area contributed by atoms with Crippen molar-refractivity contribution in [2.24, 2.45) is 0 Å². The second kappa shape index (κ2) is 27.0. The first-order chi connectivity index (χ1) is 30.8. The summed E-state index contributed by atoms with van der Waals surface area (Å²) in [6.45, 7) is 1.90. The minimum atomic E-state index is -4.89. The quantitative estimate of drug-likeness (QED) is 0.0173. The highest BCUT2D eigenvalue weighted by Crippen LogP contribution is 2.28. The number of anilines is 8. The maximum atomic E-state index is 12.6. The Morgan fingerprint density at radius 3 is 0.984 bits per heavy atom. The molecular formula is C36H52N12O14S2. The summed E-state index contributed by atoms with van der Waals surface area (Å²) in [5.41, 5.74) is 0.132. The van der Waals surface area contributed by atoms with Crippen molar-refractivity contribution in [2.75, 3.05) is 137 Å². The summed E-state index contributed by atoms with van der Waals surface area (Å²) in [5, 5.41) is 53.3. The van der Waals surface area contributed by atoms with Crippen LogP contribution in [-0.4, -0.2) is 182 Å². The number of hydrogen-bond acceptors (Lipinski definition) is 24. The molecule has 0 fully saturated rings. The maximum absolute atomic E-state index is 12.6. The van der Waals surface area contributed by atoms with Crippen LogP contribution in [0.4, 0.5) is 47.1 Å². The molecule has 28 heteroatoms. The van der Waals surface area contributed by atoms with Crippen LogP contribution in [0.1, 0.15) is 11.1 Å². The molecule has 0 aliphatic heterocycles. The number of nitrogens with one attached hydrogen (secondary N) is 6. The van der Waals surface area contributed by atoms with Gasteiger partial charge in [-0.1, -0.05) is 24.3 Å². The standard InChI is InChI=1S/C36H52N12O14S2/c49-11-19-59-15-7-37-31-43-32(38-8-16-60-20-12-50)46-35(45-31)41-27-5-3-25(29(23-27)63(53,54)55)1-2-26-4-6-28(24-30(26)64(56,57)58)42-36-47-33(39-9-17-61-21-13-51)44-34(48-36)40-10-18-62-22-14-52/h1-6,23-24,49-52H,7-22H2,(H,53,54,55)(H,56,57,58)(H3,37,38,41,43,45,46)(H3,39,40,42,44,47,48). The Hall–Kier alpha value is -5.50. The van der Waals surface area contributed by atoms with Crippen molar-refractivity contribution in [3.63, 3.8) is 0 Å². The zero-order valence-electron chi connectivity index (χ0n) is 34.4. The van der Waals surface area contributed by atoms with Crippen molar-refractivity contribution in [1.82, 2.24) is 29.9 Å². The summed E-state index contributed by atoms with van der Waals surface area (Å²) < 4.78 is 92.0. The predicted molar refractivity (Wildman–Crippen MR) is 233 cm³/mol. The minimum Gasteiger partial charge on any atom is -0.394 e. The lowest BCUT2D eigenvalue weighted by Gasteiger charge is -2.13. The molecule has 0 bridgehead atoms. The number of rotatable bonds is 32. The van der Waals surface area contributed by atoms with Crippen LogP contribution in [0.25, 0.3) is 12.2 Å². The molecule has 2 heterocycles. The van der Waals surface area contributed by atoms with E-state index >= 15 is 0 Å². The minimum absolute atomic E-state index is 0.0338. The van der Waals surface area contributed by atoms with Gasteiger partial charge in [-0.3, -0.25) is 9.11 Å². The number of hydrogen-bond donors (Lipinski definition) is 12. The maximum Gasteiger partial charge on any atom is 0.295 e. The predicted octanol–water partition coefficient (Wildman–Crippen LogP) is -0.109. The summed E-state index contributed by atoms with van der Waals surface area (Å²) in [6, 6.07) is 7.77. The van der Waals surface area contributed by atoms with Crippen LogP contribution in [-0.2, 0) is 39.2 Å². The smallest absolute Gasteiger partial charge is 0.295 e. The van der Waals surface area contributed by atoms with E-state index in [9.17, 15) is 25.9 Å². The Morgan fingerprint density at radius 2 is 0.719 bits per heavy atom. The molecule has 26 nitrogen and oxygen atoms in total. The average Bonchev–Trinajstić information content (AvgIpc) is 3.25. The summed E-state index contributed by atoms with van der Waals surface area (Å²) in [6.07, 6.45) is 2.45. The molecule has 2 aromatic carbocycles. The van der Waals surface area contributed by atoms with E-state index in [1.54, 1.807) is 0 Å². The second-order valence-electron chi connectivity index (χ2n) is 12.7. The fourth-order valence-corrected chi connectivity index (χ4v) is 6.59. The third kappa shape index (κ3) is 18.3. The molecule has 0 saturated heterocycles. The van der Waals surface area contributed by atoms with E-state index in [1.807, 2.05) is 0 Å². The van der Waals surface area contributed by atoms with Crippen molar-refractivity contribution < 1.29 is 65.3 Å². The number of ether oxygens (including phenoxy) is 4. The first-order valence-corrected chi connectivity index (χ1v) is 22.4. The highest BCUT2D eigenvalue weighted by molar-refractivity contribution is 7.86. The van der Waals surface area contributed by atoms with Crippen LogP contribution in [0.15, 0.2) is 46.2 Å². The van der Waals surface area contributed by atoms with E-state index < -0.39 is 30.0 Å². The van der Waals surface area contributed by atoms with Crippen molar-refractivity contribution in [2.45, 2.75) is 9.79 Å². The van der Waals surface area contributed by atoms with Gasteiger partial charge in [0.1, 0.15) is 9.79 Å². The van der Waals surface area contributed by atoms with Crippen molar-refractivity contribution in [3.05, 3.63) is 47.5 Å². The molecule has 0 aliphatic rings. The Kier molecular flexibility index (Phi) is 21.5. The van der Waals surface area contributed by atoms with E-state index in [2.05, 4.69) is 61.8 Å². The molecule has 0 atom stereocenters. The van der Waals surface area contributed by atoms with Crippen molar-refractivity contribution in [1.29, 1.82) is 0 Å². The molecule has 64 heavy (non-hydrogen) atoms. The number of aliphatic hydroxyl groups excluding tert-OH is 4. The fraction of sp³-hybridized carbons (Fsp3) is 0.444. The molecule has 2 aromatic heterocycles. The Morgan fingerprint density at radius 1 is 0.438 bits per heavy atom. The summed E-state index contributed by atoms with van der Waals surface area (Å²) in [7, 11) is -9.78. The second-order valence-corrected chi connectivity index (χ2v) is 15.5. The first-order valence-electron chi connectivity index (χ1n) is 19.5. The molecule has 12 N–H and O–H groups in total. The zero-order chi connectivity index (χ0) is 46.2. The number of nitrogens with zero attached hydrogens (tertiary/aromatic N) is 6. The lowest BCUT2D eigenvalue weighted by atomic mass is 10.1. The van der Waals surface area contributed by atoms with Crippen LogP contribution in [0.3, 0.4) is 0 Å². The number of aliphatic hydroxyl groups is 4. The summed E-state index contributed by atoms with van der Waals surface area (Å²) >= 11 is 0. The van der Waals surface area contributed by atoms with Gasteiger partial charge in [-0.15, -0.1) is 0 Å². The number of benzene rings is 2. The molecule has 0 amide bonds. The Balaban J connectivity index is 1.58. The van der Waals surface area contributed by atoms with Crippen molar-refractivity contribution in [3.8, 4) is 0 Å². The third-order valence-corrected chi connectivity index (χ3v) is 9.69. The molecule has 0 radical (unpaired) electrons. The van der Waals surface area contributed by atoms with Gasteiger partial charge in [-0.2, -0.15) is 46.7 Å². The Labute approximate surface area is 368 Å². The van der Waals surface area contributed by atoms with Gasteiger partial charge in [0.25, 0.3) is 20.2 Å². The normalized spacial score (nSPS) is 11.8. The molecule has 352 valence electrons. The summed E-state index contributed by atoms with van der Waals surface area (Å²) in [4.78, 5) is 24.7. The van der Waals surface area contributed by atoms with Gasteiger partial charge >= 0.3 is 0 Å². The topological polar surface area (TPSA) is 376 Å².